The number of hydrogen-bond acceptors (Lipinski definition) is 6. The average molecular weight is 412 g/mol. The lowest BCUT2D eigenvalue weighted by molar-refractivity contribution is -0.0791. The minimum atomic E-state index is -0.647. The van der Waals surface area contributed by atoms with Gasteiger partial charge in [0, 0.05) is 13.2 Å². The topological polar surface area (TPSA) is 79.7 Å². The molecule has 2 bridgehead atoms. The van der Waals surface area contributed by atoms with Gasteiger partial charge < -0.3 is 14.2 Å². The number of carbonyl (C=O) groups is 1. The summed E-state index contributed by atoms with van der Waals surface area (Å²) in [4.78, 5) is 30.9. The van der Waals surface area contributed by atoms with Crippen LogP contribution in [0.1, 0.15) is 61.4 Å². The van der Waals surface area contributed by atoms with Gasteiger partial charge in [-0.2, -0.15) is 0 Å². The maximum atomic E-state index is 13.5. The van der Waals surface area contributed by atoms with Crippen molar-refractivity contribution < 1.29 is 19.0 Å². The third-order valence-electron chi connectivity index (χ3n) is 6.00. The normalized spacial score (nSPS) is 22.3. The summed E-state index contributed by atoms with van der Waals surface area (Å²) in [6.07, 6.45) is 3.53. The number of ether oxygens (including phenoxy) is 3. The van der Waals surface area contributed by atoms with Gasteiger partial charge in [-0.3, -0.25) is 9.36 Å². The van der Waals surface area contributed by atoms with Crippen molar-refractivity contribution >= 4 is 5.97 Å². The largest absolute Gasteiger partial charge is 0.481 e. The molecule has 0 saturated heterocycles. The van der Waals surface area contributed by atoms with E-state index in [1.807, 2.05) is 37.3 Å². The predicted octanol–water partition coefficient (Wildman–Crippen LogP) is 3.43. The van der Waals surface area contributed by atoms with E-state index in [0.717, 1.165) is 31.2 Å². The molecule has 3 heterocycles. The molecule has 7 heteroatoms. The lowest BCUT2D eigenvalue weighted by atomic mass is 9.80. The molecule has 0 unspecified atom stereocenters. The van der Waals surface area contributed by atoms with E-state index in [4.69, 9.17) is 14.2 Å². The van der Waals surface area contributed by atoms with Crippen molar-refractivity contribution in [3.63, 3.8) is 0 Å². The van der Waals surface area contributed by atoms with Crippen LogP contribution in [0.15, 0.2) is 35.1 Å². The summed E-state index contributed by atoms with van der Waals surface area (Å²) in [6, 6.07) is 9.52. The maximum absolute atomic E-state index is 13.5. The van der Waals surface area contributed by atoms with Crippen LogP contribution in [0.4, 0.5) is 0 Å². The molecule has 0 atom stereocenters. The zero-order chi connectivity index (χ0) is 21.1. The molecule has 7 nitrogen and oxygen atoms in total. The average Bonchev–Trinajstić information content (AvgIpc) is 3.00. The Labute approximate surface area is 176 Å². The zero-order valence-corrected chi connectivity index (χ0v) is 17.6. The molecule has 160 valence electrons. The Hall–Kier alpha value is -2.67. The van der Waals surface area contributed by atoms with Crippen LogP contribution in [0, 0.1) is 5.92 Å². The van der Waals surface area contributed by atoms with E-state index in [0.29, 0.717) is 24.9 Å². The van der Waals surface area contributed by atoms with Gasteiger partial charge in [-0.1, -0.05) is 30.3 Å². The lowest BCUT2D eigenvalue weighted by Crippen LogP contribution is -2.38. The van der Waals surface area contributed by atoms with Crippen LogP contribution in [0.5, 0.6) is 5.75 Å². The maximum Gasteiger partial charge on any atom is 0.361 e. The van der Waals surface area contributed by atoms with Gasteiger partial charge in [-0.05, 0) is 51.0 Å². The Bertz CT molecular complexity index is 962. The highest BCUT2D eigenvalue weighted by Gasteiger charge is 2.46. The molecule has 1 saturated carbocycles. The first-order valence-electron chi connectivity index (χ1n) is 10.7. The number of hydrogen-bond donors (Lipinski definition) is 0. The van der Waals surface area contributed by atoms with E-state index in [9.17, 15) is 9.59 Å². The summed E-state index contributed by atoms with van der Waals surface area (Å²) in [5.41, 5.74) is -0.136. The van der Waals surface area contributed by atoms with Crippen LogP contribution in [0.3, 0.4) is 0 Å². The third-order valence-corrected chi connectivity index (χ3v) is 6.00. The van der Waals surface area contributed by atoms with Crippen LogP contribution >= 0.6 is 0 Å². The van der Waals surface area contributed by atoms with Crippen LogP contribution in [-0.2, 0) is 28.2 Å². The van der Waals surface area contributed by atoms with Crippen LogP contribution < -0.4 is 10.3 Å². The molecule has 1 fully saturated rings. The van der Waals surface area contributed by atoms with Crippen molar-refractivity contribution in [2.24, 2.45) is 5.92 Å². The number of benzene rings is 1. The van der Waals surface area contributed by atoms with Crippen molar-refractivity contribution in [1.82, 2.24) is 9.55 Å². The number of nitrogens with zero attached hydrogens (tertiary/aromatic N) is 2. The van der Waals surface area contributed by atoms with Gasteiger partial charge in [-0.25, -0.2) is 9.78 Å². The molecule has 0 spiro atoms. The number of aromatic nitrogens is 2. The molecule has 1 aromatic heterocycles. The molecule has 0 N–H and O–H groups in total. The quantitative estimate of drug-likeness (QED) is 0.648. The number of carbonyl (C=O) groups excluding carboxylic acids is 1. The van der Waals surface area contributed by atoms with Gasteiger partial charge in [0.05, 0.1) is 6.61 Å². The minimum Gasteiger partial charge on any atom is -0.481 e. The summed E-state index contributed by atoms with van der Waals surface area (Å²) in [5.74, 6) is 0.236. The van der Waals surface area contributed by atoms with Crippen molar-refractivity contribution in [1.29, 1.82) is 0 Å². The number of esters is 1. The summed E-state index contributed by atoms with van der Waals surface area (Å²) in [7, 11) is 0. The van der Waals surface area contributed by atoms with E-state index in [-0.39, 0.29) is 30.2 Å². The Balaban J connectivity index is 1.82. The Morgan fingerprint density at radius 3 is 2.57 bits per heavy atom. The standard InChI is InChI=1S/C23H28N2O5/c1-3-28-21(27)18-19(29-15-17-8-6-5-7-9-17)20(26)25-14-16-10-12-23(13-11-16,30-4-2)22(25)24-18/h5-9,16H,3-4,10-15H2,1-2H3. The highest BCUT2D eigenvalue weighted by atomic mass is 16.5. The molecule has 1 aliphatic carbocycles. The van der Waals surface area contributed by atoms with Gasteiger partial charge in [0.2, 0.25) is 5.75 Å². The predicted molar refractivity (Wildman–Crippen MR) is 110 cm³/mol. The molecule has 3 aliphatic rings. The van der Waals surface area contributed by atoms with Gasteiger partial charge in [-0.15, -0.1) is 0 Å². The summed E-state index contributed by atoms with van der Waals surface area (Å²) in [6.45, 7) is 5.11. The van der Waals surface area contributed by atoms with Crippen LogP contribution in [0.2, 0.25) is 0 Å². The first-order valence-corrected chi connectivity index (χ1v) is 10.7. The number of fused-ring (bicyclic) bond motifs is 2. The molecule has 2 aromatic rings. The highest BCUT2D eigenvalue weighted by Crippen LogP contribution is 2.45. The summed E-state index contributed by atoms with van der Waals surface area (Å²) in [5, 5.41) is 0. The van der Waals surface area contributed by atoms with E-state index in [2.05, 4.69) is 4.98 Å². The lowest BCUT2D eigenvalue weighted by Gasteiger charge is -2.35. The van der Waals surface area contributed by atoms with Crippen molar-refractivity contribution in [3.05, 3.63) is 57.8 Å². The van der Waals surface area contributed by atoms with Gasteiger partial charge in [0.25, 0.3) is 5.56 Å². The molecule has 0 amide bonds. The Morgan fingerprint density at radius 1 is 1.17 bits per heavy atom. The van der Waals surface area contributed by atoms with E-state index in [1.165, 1.54) is 0 Å². The Morgan fingerprint density at radius 2 is 1.90 bits per heavy atom. The second kappa shape index (κ2) is 8.60. The van der Waals surface area contributed by atoms with Gasteiger partial charge >= 0.3 is 5.97 Å². The Kier molecular flexibility index (Phi) is 5.90. The molecule has 30 heavy (non-hydrogen) atoms. The fourth-order valence-electron chi connectivity index (χ4n) is 4.55. The van der Waals surface area contributed by atoms with Crippen molar-refractivity contribution in [2.75, 3.05) is 13.2 Å². The highest BCUT2D eigenvalue weighted by molar-refractivity contribution is 5.90. The molecule has 2 aliphatic heterocycles. The zero-order valence-electron chi connectivity index (χ0n) is 17.6. The van der Waals surface area contributed by atoms with E-state index in [1.54, 1.807) is 11.5 Å². The third kappa shape index (κ3) is 3.74. The first-order chi connectivity index (χ1) is 14.6. The molecule has 0 radical (unpaired) electrons. The first kappa shape index (κ1) is 20.6. The minimum absolute atomic E-state index is 0.0472. The fraction of sp³-hybridized carbons (Fsp3) is 0.522. The molecular weight excluding hydrogens is 384 g/mol. The SMILES string of the molecule is CCOC(=O)c1nc2n(c(=O)c1OCc1ccccc1)CC1CCC2(OCC)CC1. The molecular formula is C23H28N2O5. The second-order valence-corrected chi connectivity index (χ2v) is 7.89. The van der Waals surface area contributed by atoms with Crippen LogP contribution in [0.25, 0.3) is 0 Å². The van der Waals surface area contributed by atoms with Crippen LogP contribution in [-0.4, -0.2) is 28.7 Å². The van der Waals surface area contributed by atoms with Crippen molar-refractivity contribution in [3.8, 4) is 5.75 Å². The second-order valence-electron chi connectivity index (χ2n) is 7.89. The summed E-state index contributed by atoms with van der Waals surface area (Å²) >= 11 is 0. The van der Waals surface area contributed by atoms with Gasteiger partial charge in [0.1, 0.15) is 18.0 Å². The van der Waals surface area contributed by atoms with Crippen molar-refractivity contribution in [2.45, 2.75) is 58.3 Å². The molecule has 5 rings (SSSR count). The fourth-order valence-corrected chi connectivity index (χ4v) is 4.55. The van der Waals surface area contributed by atoms with E-state index >= 15 is 0 Å². The van der Waals surface area contributed by atoms with E-state index < -0.39 is 11.6 Å². The number of rotatable bonds is 7. The molecule has 1 aromatic carbocycles. The summed E-state index contributed by atoms with van der Waals surface area (Å²) < 4.78 is 18.9. The monoisotopic (exact) mass is 412 g/mol. The smallest absolute Gasteiger partial charge is 0.361 e. The van der Waals surface area contributed by atoms with Gasteiger partial charge in [0.15, 0.2) is 5.69 Å².